The van der Waals surface area contributed by atoms with Gasteiger partial charge >= 0.3 is 0 Å². The molecule has 0 aliphatic carbocycles. The average Bonchev–Trinajstić information content (AvgIpc) is 3.36. The first-order valence-corrected chi connectivity index (χ1v) is 8.94. The first-order chi connectivity index (χ1) is 12.6. The maximum Gasteiger partial charge on any atom is 0.228 e. The molecule has 0 saturated carbocycles. The molecule has 3 aromatic rings. The monoisotopic (exact) mass is 350 g/mol. The Kier molecular flexibility index (Phi) is 4.37. The van der Waals surface area contributed by atoms with Crippen LogP contribution in [0.4, 0.5) is 0 Å². The second-order valence-electron chi connectivity index (χ2n) is 6.91. The number of furan rings is 1. The van der Waals surface area contributed by atoms with Crippen LogP contribution in [0.5, 0.6) is 0 Å². The summed E-state index contributed by atoms with van der Waals surface area (Å²) in [7, 11) is 0. The van der Waals surface area contributed by atoms with Gasteiger partial charge in [0.2, 0.25) is 11.8 Å². The number of hydrogen-bond acceptors (Lipinski definition) is 4. The smallest absolute Gasteiger partial charge is 0.228 e. The number of benzene rings is 1. The molecule has 26 heavy (non-hydrogen) atoms. The molecule has 1 aliphatic rings. The van der Waals surface area contributed by atoms with E-state index in [1.54, 1.807) is 6.26 Å². The molecular weight excluding hydrogens is 328 g/mol. The van der Waals surface area contributed by atoms with Crippen molar-refractivity contribution in [3.05, 3.63) is 65.4 Å². The van der Waals surface area contributed by atoms with Crippen LogP contribution >= 0.6 is 0 Å². The number of hydrogen-bond donors (Lipinski definition) is 0. The van der Waals surface area contributed by atoms with E-state index in [4.69, 9.17) is 8.83 Å². The van der Waals surface area contributed by atoms with E-state index >= 15 is 0 Å². The van der Waals surface area contributed by atoms with Crippen LogP contribution in [0.1, 0.15) is 35.1 Å². The Morgan fingerprint density at radius 1 is 1.23 bits per heavy atom. The van der Waals surface area contributed by atoms with Crippen LogP contribution in [0.2, 0.25) is 0 Å². The lowest BCUT2D eigenvalue weighted by Crippen LogP contribution is -2.30. The Bertz CT molecular complexity index is 894. The number of carbonyl (C=O) groups is 1. The van der Waals surface area contributed by atoms with Gasteiger partial charge in [-0.05, 0) is 44.5 Å². The molecular formula is C21H22N2O3. The molecule has 1 unspecified atom stereocenters. The number of aryl methyl sites for hydroxylation is 2. The molecule has 0 spiro atoms. The molecule has 5 nitrogen and oxygen atoms in total. The molecule has 3 heterocycles. The van der Waals surface area contributed by atoms with Gasteiger partial charge < -0.3 is 13.7 Å². The van der Waals surface area contributed by atoms with Gasteiger partial charge in [-0.3, -0.25) is 4.79 Å². The van der Waals surface area contributed by atoms with E-state index in [0.717, 1.165) is 24.3 Å². The third kappa shape index (κ3) is 3.29. The molecule has 1 saturated heterocycles. The highest BCUT2D eigenvalue weighted by molar-refractivity contribution is 5.79. The fourth-order valence-corrected chi connectivity index (χ4v) is 3.41. The molecule has 1 fully saturated rings. The van der Waals surface area contributed by atoms with Crippen molar-refractivity contribution < 1.29 is 13.6 Å². The van der Waals surface area contributed by atoms with Crippen LogP contribution in [-0.2, 0) is 11.2 Å². The van der Waals surface area contributed by atoms with Crippen molar-refractivity contribution in [2.45, 2.75) is 32.6 Å². The van der Waals surface area contributed by atoms with Gasteiger partial charge in [0, 0.05) is 24.6 Å². The summed E-state index contributed by atoms with van der Waals surface area (Å²) < 4.78 is 11.3. The molecule has 1 aliphatic heterocycles. The first kappa shape index (κ1) is 16.6. The molecule has 0 radical (unpaired) electrons. The number of carbonyl (C=O) groups excluding carboxylic acids is 1. The topological polar surface area (TPSA) is 59.5 Å². The predicted molar refractivity (Wildman–Crippen MR) is 97.8 cm³/mol. The van der Waals surface area contributed by atoms with Gasteiger partial charge in [-0.25, -0.2) is 4.98 Å². The van der Waals surface area contributed by atoms with Crippen molar-refractivity contribution in [3.63, 3.8) is 0 Å². The summed E-state index contributed by atoms with van der Waals surface area (Å²) in [4.78, 5) is 19.1. The van der Waals surface area contributed by atoms with E-state index in [1.807, 2.05) is 55.1 Å². The van der Waals surface area contributed by atoms with Crippen molar-refractivity contribution in [1.29, 1.82) is 0 Å². The first-order valence-electron chi connectivity index (χ1n) is 8.94. The van der Waals surface area contributed by atoms with Crippen molar-refractivity contribution in [2.75, 3.05) is 13.1 Å². The lowest BCUT2D eigenvalue weighted by atomic mass is 10.1. The van der Waals surface area contributed by atoms with Crippen LogP contribution in [0, 0.1) is 13.8 Å². The fraction of sp³-hybridized carbons (Fsp3) is 0.333. The number of amides is 1. The lowest BCUT2D eigenvalue weighted by Gasteiger charge is -2.15. The van der Waals surface area contributed by atoms with E-state index in [2.05, 4.69) is 4.98 Å². The fourth-order valence-electron chi connectivity index (χ4n) is 3.41. The number of rotatable bonds is 4. The molecule has 4 rings (SSSR count). The van der Waals surface area contributed by atoms with Crippen molar-refractivity contribution >= 4 is 5.91 Å². The highest BCUT2D eigenvalue weighted by atomic mass is 16.4. The van der Waals surface area contributed by atoms with Crippen LogP contribution < -0.4 is 0 Å². The molecule has 0 bridgehead atoms. The van der Waals surface area contributed by atoms with E-state index < -0.39 is 0 Å². The van der Waals surface area contributed by atoms with Crippen molar-refractivity contribution in [1.82, 2.24) is 9.88 Å². The van der Waals surface area contributed by atoms with Crippen LogP contribution in [0.15, 0.2) is 51.5 Å². The Balaban J connectivity index is 1.44. The van der Waals surface area contributed by atoms with Crippen molar-refractivity contribution in [2.24, 2.45) is 0 Å². The molecule has 1 atom stereocenters. The molecule has 1 amide bonds. The zero-order valence-corrected chi connectivity index (χ0v) is 15.1. The Labute approximate surface area is 152 Å². The summed E-state index contributed by atoms with van der Waals surface area (Å²) in [6, 6.07) is 11.9. The highest BCUT2D eigenvalue weighted by Gasteiger charge is 2.29. The summed E-state index contributed by atoms with van der Waals surface area (Å²) in [6.07, 6.45) is 2.89. The summed E-state index contributed by atoms with van der Waals surface area (Å²) in [5.41, 5.74) is 2.83. The van der Waals surface area contributed by atoms with Gasteiger partial charge in [-0.2, -0.15) is 0 Å². The maximum atomic E-state index is 12.7. The third-order valence-electron chi connectivity index (χ3n) is 5.00. The van der Waals surface area contributed by atoms with Gasteiger partial charge in [0.25, 0.3) is 0 Å². The normalized spacial score (nSPS) is 17.0. The number of oxazole rings is 1. The minimum atomic E-state index is 0.0888. The highest BCUT2D eigenvalue weighted by Crippen LogP contribution is 2.28. The number of nitrogens with zero attached hydrogens (tertiary/aromatic N) is 2. The van der Waals surface area contributed by atoms with E-state index in [-0.39, 0.29) is 18.2 Å². The standard InChI is InChI=1S/C21H22N2O3/c1-14-5-7-16(8-6-14)21-22-18(15(2)26-21)12-20(24)23-10-9-17(13-23)19-4-3-11-25-19/h3-8,11,17H,9-10,12-13H2,1-2H3. The summed E-state index contributed by atoms with van der Waals surface area (Å²) in [5.74, 6) is 2.61. The average molecular weight is 350 g/mol. The molecule has 1 aromatic carbocycles. The van der Waals surface area contributed by atoms with E-state index in [1.165, 1.54) is 5.56 Å². The maximum absolute atomic E-state index is 12.7. The number of aromatic nitrogens is 1. The van der Waals surface area contributed by atoms with Crippen LogP contribution in [0.3, 0.4) is 0 Å². The van der Waals surface area contributed by atoms with E-state index in [0.29, 0.717) is 23.9 Å². The zero-order chi connectivity index (χ0) is 18.1. The Hall–Kier alpha value is -2.82. The summed E-state index contributed by atoms with van der Waals surface area (Å²) in [5, 5.41) is 0. The lowest BCUT2D eigenvalue weighted by molar-refractivity contribution is -0.129. The van der Waals surface area contributed by atoms with Gasteiger partial charge in [-0.15, -0.1) is 0 Å². The second-order valence-corrected chi connectivity index (χ2v) is 6.91. The minimum absolute atomic E-state index is 0.0888. The van der Waals surface area contributed by atoms with Gasteiger partial charge in [0.1, 0.15) is 11.5 Å². The van der Waals surface area contributed by atoms with Crippen molar-refractivity contribution in [3.8, 4) is 11.5 Å². The molecule has 5 heteroatoms. The van der Waals surface area contributed by atoms with Gasteiger partial charge in [-0.1, -0.05) is 17.7 Å². The SMILES string of the molecule is Cc1ccc(-c2nc(CC(=O)N3CCC(c4ccco4)C3)c(C)o2)cc1. The quantitative estimate of drug-likeness (QED) is 0.710. The Morgan fingerprint density at radius 3 is 2.77 bits per heavy atom. The third-order valence-corrected chi connectivity index (χ3v) is 5.00. The molecule has 134 valence electrons. The number of likely N-dealkylation sites (tertiary alicyclic amines) is 1. The largest absolute Gasteiger partial charge is 0.469 e. The molecule has 2 aromatic heterocycles. The summed E-state index contributed by atoms with van der Waals surface area (Å²) >= 11 is 0. The second kappa shape index (κ2) is 6.83. The van der Waals surface area contributed by atoms with Gasteiger partial charge in [0.05, 0.1) is 18.4 Å². The van der Waals surface area contributed by atoms with Gasteiger partial charge in [0.15, 0.2) is 0 Å². The predicted octanol–water partition coefficient (Wildman–Crippen LogP) is 4.11. The Morgan fingerprint density at radius 2 is 2.04 bits per heavy atom. The van der Waals surface area contributed by atoms with Crippen LogP contribution in [-0.4, -0.2) is 28.9 Å². The van der Waals surface area contributed by atoms with E-state index in [9.17, 15) is 4.79 Å². The zero-order valence-electron chi connectivity index (χ0n) is 15.1. The summed E-state index contributed by atoms with van der Waals surface area (Å²) in [6.45, 7) is 5.36. The van der Waals surface area contributed by atoms with Crippen LogP contribution in [0.25, 0.3) is 11.5 Å². The molecule has 0 N–H and O–H groups in total. The minimum Gasteiger partial charge on any atom is -0.469 e.